The van der Waals surface area contributed by atoms with Crippen molar-refractivity contribution in [3.63, 3.8) is 0 Å². The van der Waals surface area contributed by atoms with Gasteiger partial charge in [-0.3, -0.25) is 4.79 Å². The van der Waals surface area contributed by atoms with Gasteiger partial charge in [-0.15, -0.1) is 0 Å². The average Bonchev–Trinajstić information content (AvgIpc) is 2.92. The molecule has 3 rings (SSSR count). The molecule has 0 spiro atoms. The van der Waals surface area contributed by atoms with E-state index in [-0.39, 0.29) is 6.42 Å². The van der Waals surface area contributed by atoms with Crippen molar-refractivity contribution in [3.05, 3.63) is 58.1 Å². The predicted octanol–water partition coefficient (Wildman–Crippen LogP) is 4.66. The lowest BCUT2D eigenvalue weighted by molar-refractivity contribution is -0.136. The molecule has 0 amide bonds. The molecule has 2 N–H and O–H groups in total. The number of rotatable bonds is 5. The predicted molar refractivity (Wildman–Crippen MR) is 93.5 cm³/mol. The second-order valence-corrected chi connectivity index (χ2v) is 6.98. The van der Waals surface area contributed by atoms with Crippen LogP contribution >= 0.6 is 35.0 Å². The number of fused-ring (bicyclic) bond motifs is 1. The highest BCUT2D eigenvalue weighted by Crippen LogP contribution is 2.29. The van der Waals surface area contributed by atoms with Crippen molar-refractivity contribution in [3.8, 4) is 0 Å². The minimum atomic E-state index is -0.925. The van der Waals surface area contributed by atoms with Gasteiger partial charge in [0.25, 0.3) is 0 Å². The Hall–Kier alpha value is -1.69. The second-order valence-electron chi connectivity index (χ2n) is 4.94. The van der Waals surface area contributed by atoms with Gasteiger partial charge in [0.05, 0.1) is 11.0 Å². The van der Waals surface area contributed by atoms with Crippen LogP contribution in [0.3, 0.4) is 0 Å². The number of para-hydroxylation sites is 2. The van der Waals surface area contributed by atoms with Crippen molar-refractivity contribution in [1.82, 2.24) is 9.97 Å². The van der Waals surface area contributed by atoms with Gasteiger partial charge in [0.1, 0.15) is 5.25 Å². The molecule has 3 aromatic rings. The SMILES string of the molecule is O=C(O)[C@H](Cc1cc(Cl)ccc1Cl)Sc1nc2ccccc2[nH]1. The minimum Gasteiger partial charge on any atom is -0.480 e. The van der Waals surface area contributed by atoms with Gasteiger partial charge in [0.2, 0.25) is 0 Å². The maximum Gasteiger partial charge on any atom is 0.317 e. The number of thioether (sulfide) groups is 1. The molecule has 0 saturated heterocycles. The Morgan fingerprint density at radius 2 is 2.04 bits per heavy atom. The van der Waals surface area contributed by atoms with Gasteiger partial charge in [-0.25, -0.2) is 4.98 Å². The van der Waals surface area contributed by atoms with Crippen LogP contribution in [0.1, 0.15) is 5.56 Å². The van der Waals surface area contributed by atoms with E-state index >= 15 is 0 Å². The molecular formula is C16H12Cl2N2O2S. The summed E-state index contributed by atoms with van der Waals surface area (Å²) in [6, 6.07) is 12.6. The first-order valence-electron chi connectivity index (χ1n) is 6.81. The molecule has 2 aromatic carbocycles. The van der Waals surface area contributed by atoms with Crippen LogP contribution < -0.4 is 0 Å². The van der Waals surface area contributed by atoms with Gasteiger partial charge in [0, 0.05) is 10.0 Å². The third kappa shape index (κ3) is 3.80. The third-order valence-electron chi connectivity index (χ3n) is 3.31. The zero-order chi connectivity index (χ0) is 16.4. The van der Waals surface area contributed by atoms with E-state index in [0.29, 0.717) is 20.8 Å². The molecule has 1 atom stereocenters. The van der Waals surface area contributed by atoms with Crippen LogP contribution in [0.25, 0.3) is 11.0 Å². The molecule has 7 heteroatoms. The van der Waals surface area contributed by atoms with Crippen LogP contribution in [0, 0.1) is 0 Å². The fraction of sp³-hybridized carbons (Fsp3) is 0.125. The average molecular weight is 367 g/mol. The third-order valence-corrected chi connectivity index (χ3v) is 4.98. The first-order chi connectivity index (χ1) is 11.0. The molecule has 0 fully saturated rings. The zero-order valence-corrected chi connectivity index (χ0v) is 14.1. The number of imidazole rings is 1. The maximum absolute atomic E-state index is 11.6. The largest absolute Gasteiger partial charge is 0.480 e. The summed E-state index contributed by atoms with van der Waals surface area (Å²) in [4.78, 5) is 19.1. The number of halogens is 2. The Kier molecular flexibility index (Phi) is 4.80. The number of benzene rings is 2. The topological polar surface area (TPSA) is 66.0 Å². The van der Waals surface area contributed by atoms with E-state index in [2.05, 4.69) is 9.97 Å². The van der Waals surface area contributed by atoms with Gasteiger partial charge >= 0.3 is 5.97 Å². The van der Waals surface area contributed by atoms with Crippen LogP contribution in [0.5, 0.6) is 0 Å². The van der Waals surface area contributed by atoms with E-state index in [4.69, 9.17) is 23.2 Å². The van der Waals surface area contributed by atoms with E-state index < -0.39 is 11.2 Å². The summed E-state index contributed by atoms with van der Waals surface area (Å²) in [6.45, 7) is 0. The Labute approximate surface area is 146 Å². The van der Waals surface area contributed by atoms with E-state index in [0.717, 1.165) is 22.8 Å². The second kappa shape index (κ2) is 6.83. The number of aliphatic carboxylic acids is 1. The first kappa shape index (κ1) is 16.2. The van der Waals surface area contributed by atoms with E-state index in [1.165, 1.54) is 0 Å². The van der Waals surface area contributed by atoms with Gasteiger partial charge in [-0.2, -0.15) is 0 Å². The molecular weight excluding hydrogens is 355 g/mol. The fourth-order valence-corrected chi connectivity index (χ4v) is 3.54. The highest BCUT2D eigenvalue weighted by molar-refractivity contribution is 8.00. The van der Waals surface area contributed by atoms with Crippen LogP contribution in [0.2, 0.25) is 10.0 Å². The lowest BCUT2D eigenvalue weighted by Crippen LogP contribution is -2.19. The number of H-pyrrole nitrogens is 1. The van der Waals surface area contributed by atoms with Crippen molar-refractivity contribution < 1.29 is 9.90 Å². The number of aromatic amines is 1. The quantitative estimate of drug-likeness (QED) is 0.644. The smallest absolute Gasteiger partial charge is 0.317 e. The summed E-state index contributed by atoms with van der Waals surface area (Å²) in [5.74, 6) is -0.925. The lowest BCUT2D eigenvalue weighted by atomic mass is 10.1. The Morgan fingerprint density at radius 1 is 1.26 bits per heavy atom. The Morgan fingerprint density at radius 3 is 2.78 bits per heavy atom. The van der Waals surface area contributed by atoms with Crippen molar-refractivity contribution in [2.24, 2.45) is 0 Å². The molecule has 1 heterocycles. The van der Waals surface area contributed by atoms with Crippen LogP contribution in [0.4, 0.5) is 0 Å². The molecule has 0 aliphatic carbocycles. The standard InChI is InChI=1S/C16H12Cl2N2O2S/c17-10-5-6-11(18)9(7-10)8-14(15(21)22)23-16-19-12-3-1-2-4-13(12)20-16/h1-7,14H,8H2,(H,19,20)(H,21,22)/t14-/m0/s1. The highest BCUT2D eigenvalue weighted by Gasteiger charge is 2.22. The summed E-state index contributed by atoms with van der Waals surface area (Å²) >= 11 is 13.3. The number of hydrogen-bond donors (Lipinski definition) is 2. The Balaban J connectivity index is 1.84. The molecule has 4 nitrogen and oxygen atoms in total. The number of nitrogens with one attached hydrogen (secondary N) is 1. The number of aromatic nitrogens is 2. The van der Waals surface area contributed by atoms with E-state index in [1.807, 2.05) is 24.3 Å². The molecule has 0 bridgehead atoms. The van der Waals surface area contributed by atoms with Gasteiger partial charge in [-0.1, -0.05) is 47.1 Å². The lowest BCUT2D eigenvalue weighted by Gasteiger charge is -2.12. The van der Waals surface area contributed by atoms with Gasteiger partial charge < -0.3 is 10.1 Å². The van der Waals surface area contributed by atoms with Crippen LogP contribution in [0.15, 0.2) is 47.6 Å². The van der Waals surface area contributed by atoms with Gasteiger partial charge in [-0.05, 0) is 42.3 Å². The number of nitrogens with zero attached hydrogens (tertiary/aromatic N) is 1. The molecule has 0 aliphatic rings. The van der Waals surface area contributed by atoms with Gasteiger partial charge in [0.15, 0.2) is 5.16 Å². The summed E-state index contributed by atoms with van der Waals surface area (Å²) in [6.07, 6.45) is 0.260. The fourth-order valence-electron chi connectivity index (χ4n) is 2.20. The van der Waals surface area contributed by atoms with Crippen LogP contribution in [-0.2, 0) is 11.2 Å². The first-order valence-corrected chi connectivity index (χ1v) is 8.44. The molecule has 1 aromatic heterocycles. The van der Waals surface area contributed by atoms with Crippen molar-refractivity contribution in [2.75, 3.05) is 0 Å². The number of carboxylic acids is 1. The summed E-state index contributed by atoms with van der Waals surface area (Å²) in [5, 5.41) is 10.4. The highest BCUT2D eigenvalue weighted by atomic mass is 35.5. The molecule has 0 aliphatic heterocycles. The Bertz CT molecular complexity index is 833. The molecule has 0 radical (unpaired) electrons. The minimum absolute atomic E-state index is 0.260. The normalized spacial score (nSPS) is 12.4. The molecule has 23 heavy (non-hydrogen) atoms. The van der Waals surface area contributed by atoms with Crippen molar-refractivity contribution >= 4 is 52.0 Å². The zero-order valence-electron chi connectivity index (χ0n) is 11.8. The monoisotopic (exact) mass is 366 g/mol. The molecule has 118 valence electrons. The number of carboxylic acid groups (broad SMARTS) is 1. The van der Waals surface area contributed by atoms with Crippen molar-refractivity contribution in [1.29, 1.82) is 0 Å². The van der Waals surface area contributed by atoms with E-state index in [1.54, 1.807) is 18.2 Å². The number of carbonyl (C=O) groups is 1. The summed E-state index contributed by atoms with van der Waals surface area (Å²) in [7, 11) is 0. The summed E-state index contributed by atoms with van der Waals surface area (Å²) < 4.78 is 0. The summed E-state index contributed by atoms with van der Waals surface area (Å²) in [5.41, 5.74) is 2.38. The number of hydrogen-bond acceptors (Lipinski definition) is 3. The molecule has 0 saturated carbocycles. The maximum atomic E-state index is 11.6. The molecule has 0 unspecified atom stereocenters. The van der Waals surface area contributed by atoms with Crippen LogP contribution in [-0.4, -0.2) is 26.3 Å². The van der Waals surface area contributed by atoms with E-state index in [9.17, 15) is 9.90 Å². The van der Waals surface area contributed by atoms with Crippen molar-refractivity contribution in [2.45, 2.75) is 16.8 Å².